The number of carbonyl (C=O) groups is 1. The number of esters is 1. The molecule has 2 N–H and O–H groups in total. The molecular weight excluding hydrogens is 224 g/mol. The van der Waals surface area contributed by atoms with E-state index in [0.717, 1.165) is 6.07 Å². The predicted octanol–water partition coefficient (Wildman–Crippen LogP) is 1.84. The van der Waals surface area contributed by atoms with Crippen LogP contribution in [0.4, 0.5) is 0 Å². The lowest BCUT2D eigenvalue weighted by atomic mass is 10.2. The number of rotatable bonds is 5. The summed E-state index contributed by atoms with van der Waals surface area (Å²) in [5.41, 5.74) is 0.112. The van der Waals surface area contributed by atoms with Crippen molar-refractivity contribution in [1.82, 2.24) is 0 Å². The first-order chi connectivity index (χ1) is 8.10. The van der Waals surface area contributed by atoms with Gasteiger partial charge in [-0.3, -0.25) is 0 Å². The van der Waals surface area contributed by atoms with E-state index in [0.29, 0.717) is 0 Å². The number of hydrogen-bond donors (Lipinski definition) is 2. The second-order valence-corrected chi connectivity index (χ2v) is 3.16. The molecule has 1 aromatic carbocycles. The van der Waals surface area contributed by atoms with Gasteiger partial charge in [-0.2, -0.15) is 0 Å². The van der Waals surface area contributed by atoms with Crippen molar-refractivity contribution >= 4 is 5.97 Å². The van der Waals surface area contributed by atoms with Crippen LogP contribution in [0.3, 0.4) is 0 Å². The predicted molar refractivity (Wildman–Crippen MR) is 61.4 cm³/mol. The van der Waals surface area contributed by atoms with Crippen LogP contribution in [0.5, 0.6) is 17.2 Å². The Bertz CT molecular complexity index is 425. The molecule has 1 rings (SSSR count). The van der Waals surface area contributed by atoms with E-state index >= 15 is 0 Å². The maximum Gasteiger partial charge on any atom is 0.338 e. The number of ether oxygens (including phenoxy) is 2. The molecule has 0 aromatic heterocycles. The Morgan fingerprint density at radius 1 is 1.47 bits per heavy atom. The zero-order chi connectivity index (χ0) is 12.8. The Balaban J connectivity index is 3.04. The minimum Gasteiger partial charge on any atom is -0.504 e. The Kier molecular flexibility index (Phi) is 4.39. The van der Waals surface area contributed by atoms with E-state index in [4.69, 9.17) is 9.47 Å². The smallest absolute Gasteiger partial charge is 0.338 e. The number of phenols is 2. The lowest BCUT2D eigenvalue weighted by Gasteiger charge is -2.09. The lowest BCUT2D eigenvalue weighted by molar-refractivity contribution is 0.0525. The molecule has 0 bridgehead atoms. The molecule has 0 spiro atoms. The van der Waals surface area contributed by atoms with Crippen molar-refractivity contribution in [1.29, 1.82) is 0 Å². The van der Waals surface area contributed by atoms with E-state index in [1.807, 2.05) is 0 Å². The molecule has 1 aromatic rings. The quantitative estimate of drug-likeness (QED) is 0.465. The van der Waals surface area contributed by atoms with E-state index in [9.17, 15) is 15.0 Å². The van der Waals surface area contributed by atoms with E-state index in [2.05, 4.69) is 6.58 Å². The third kappa shape index (κ3) is 3.14. The second-order valence-electron chi connectivity index (χ2n) is 3.16. The van der Waals surface area contributed by atoms with Crippen molar-refractivity contribution in [2.45, 2.75) is 6.92 Å². The fourth-order valence-corrected chi connectivity index (χ4v) is 1.18. The summed E-state index contributed by atoms with van der Waals surface area (Å²) in [6, 6.07) is 2.42. The molecule has 0 fully saturated rings. The van der Waals surface area contributed by atoms with Gasteiger partial charge in [0, 0.05) is 0 Å². The molecule has 0 amide bonds. The van der Waals surface area contributed by atoms with Gasteiger partial charge < -0.3 is 19.7 Å². The molecule has 0 heterocycles. The van der Waals surface area contributed by atoms with Crippen LogP contribution in [-0.4, -0.2) is 29.4 Å². The molecule has 0 unspecified atom stereocenters. The van der Waals surface area contributed by atoms with Gasteiger partial charge in [0.05, 0.1) is 12.2 Å². The first-order valence-electron chi connectivity index (χ1n) is 5.07. The molecule has 0 aliphatic rings. The van der Waals surface area contributed by atoms with E-state index in [1.54, 1.807) is 6.92 Å². The highest BCUT2D eigenvalue weighted by molar-refractivity contribution is 5.91. The van der Waals surface area contributed by atoms with Gasteiger partial charge in [-0.05, 0) is 19.1 Å². The maximum atomic E-state index is 11.4. The summed E-state index contributed by atoms with van der Waals surface area (Å²) in [5, 5.41) is 18.9. The van der Waals surface area contributed by atoms with Crippen LogP contribution in [0.25, 0.3) is 0 Å². The van der Waals surface area contributed by atoms with Gasteiger partial charge in [-0.25, -0.2) is 4.79 Å². The minimum atomic E-state index is -0.591. The largest absolute Gasteiger partial charge is 0.504 e. The van der Waals surface area contributed by atoms with Gasteiger partial charge in [-0.1, -0.05) is 12.7 Å². The summed E-state index contributed by atoms with van der Waals surface area (Å²) in [4.78, 5) is 11.4. The highest BCUT2D eigenvalue weighted by Gasteiger charge is 2.15. The normalized spacial score (nSPS) is 9.71. The zero-order valence-electron chi connectivity index (χ0n) is 9.47. The molecule has 0 radical (unpaired) electrons. The average molecular weight is 238 g/mol. The highest BCUT2D eigenvalue weighted by atomic mass is 16.5. The van der Waals surface area contributed by atoms with Crippen LogP contribution < -0.4 is 4.74 Å². The molecular formula is C12H14O5. The number of phenolic OH excluding ortho intramolecular Hbond substituents is 2. The van der Waals surface area contributed by atoms with Crippen LogP contribution in [0, 0.1) is 0 Å². The van der Waals surface area contributed by atoms with Crippen molar-refractivity contribution in [2.24, 2.45) is 0 Å². The number of carbonyl (C=O) groups excluding carboxylic acids is 1. The number of benzene rings is 1. The van der Waals surface area contributed by atoms with Crippen molar-refractivity contribution in [3.05, 3.63) is 30.4 Å². The van der Waals surface area contributed by atoms with Crippen LogP contribution in [-0.2, 0) is 4.74 Å². The van der Waals surface area contributed by atoms with Gasteiger partial charge in [0.1, 0.15) is 6.61 Å². The molecule has 0 aliphatic heterocycles. The molecule has 0 saturated carbocycles. The van der Waals surface area contributed by atoms with Gasteiger partial charge in [0.25, 0.3) is 0 Å². The average Bonchev–Trinajstić information content (AvgIpc) is 2.31. The first kappa shape index (κ1) is 12.9. The third-order valence-electron chi connectivity index (χ3n) is 1.92. The first-order valence-corrected chi connectivity index (χ1v) is 5.07. The number of aromatic hydroxyl groups is 2. The molecule has 17 heavy (non-hydrogen) atoms. The zero-order valence-corrected chi connectivity index (χ0v) is 9.47. The lowest BCUT2D eigenvalue weighted by Crippen LogP contribution is -2.05. The highest BCUT2D eigenvalue weighted by Crippen LogP contribution is 2.36. The van der Waals surface area contributed by atoms with Crippen LogP contribution in [0.1, 0.15) is 17.3 Å². The Hall–Kier alpha value is -2.17. The maximum absolute atomic E-state index is 11.4. The third-order valence-corrected chi connectivity index (χ3v) is 1.92. The van der Waals surface area contributed by atoms with Crippen molar-refractivity contribution < 1.29 is 24.5 Å². The van der Waals surface area contributed by atoms with E-state index in [-0.39, 0.29) is 24.5 Å². The van der Waals surface area contributed by atoms with Crippen molar-refractivity contribution in [2.75, 3.05) is 13.2 Å². The van der Waals surface area contributed by atoms with Gasteiger partial charge in [0.2, 0.25) is 5.75 Å². The monoisotopic (exact) mass is 238 g/mol. The van der Waals surface area contributed by atoms with Crippen LogP contribution >= 0.6 is 0 Å². The van der Waals surface area contributed by atoms with E-state index in [1.165, 1.54) is 12.1 Å². The Morgan fingerprint density at radius 3 is 2.76 bits per heavy atom. The topological polar surface area (TPSA) is 76.0 Å². The van der Waals surface area contributed by atoms with Crippen molar-refractivity contribution in [3.8, 4) is 17.2 Å². The summed E-state index contributed by atoms with van der Waals surface area (Å²) in [6.07, 6.45) is 1.48. The molecule has 5 heteroatoms. The Morgan fingerprint density at radius 2 is 2.18 bits per heavy atom. The summed E-state index contributed by atoms with van der Waals surface area (Å²) < 4.78 is 9.87. The molecule has 0 aliphatic carbocycles. The SMILES string of the molecule is C=CCOc1cc(C(=O)OCC)cc(O)c1O. The summed E-state index contributed by atoms with van der Waals surface area (Å²) >= 11 is 0. The summed E-state index contributed by atoms with van der Waals surface area (Å²) in [7, 11) is 0. The van der Waals surface area contributed by atoms with Crippen LogP contribution in [0.15, 0.2) is 24.8 Å². The fourth-order valence-electron chi connectivity index (χ4n) is 1.18. The molecule has 0 atom stereocenters. The van der Waals surface area contributed by atoms with Gasteiger partial charge in [-0.15, -0.1) is 0 Å². The fraction of sp³-hybridized carbons (Fsp3) is 0.250. The van der Waals surface area contributed by atoms with Gasteiger partial charge >= 0.3 is 5.97 Å². The van der Waals surface area contributed by atoms with Gasteiger partial charge in [0.15, 0.2) is 11.5 Å². The van der Waals surface area contributed by atoms with Crippen LogP contribution in [0.2, 0.25) is 0 Å². The summed E-state index contributed by atoms with van der Waals surface area (Å²) in [6.45, 7) is 5.51. The molecule has 0 saturated heterocycles. The van der Waals surface area contributed by atoms with Crippen molar-refractivity contribution in [3.63, 3.8) is 0 Å². The summed E-state index contributed by atoms with van der Waals surface area (Å²) in [5.74, 6) is -1.44. The van der Waals surface area contributed by atoms with E-state index < -0.39 is 17.5 Å². The minimum absolute atomic E-state index is 0.00736. The molecule has 5 nitrogen and oxygen atoms in total. The standard InChI is InChI=1S/C12H14O5/c1-3-5-17-10-7-8(12(15)16-4-2)6-9(13)11(10)14/h3,6-7,13-14H,1,4-5H2,2H3. The Labute approximate surface area is 98.9 Å². The second kappa shape index (κ2) is 5.79. The molecule has 92 valence electrons. The number of hydrogen-bond acceptors (Lipinski definition) is 5.